The molecule has 0 saturated carbocycles. The summed E-state index contributed by atoms with van der Waals surface area (Å²) < 4.78 is 25.9. The average Bonchev–Trinajstić information content (AvgIpc) is 3.06. The molecular weight excluding hydrogens is 431 g/mol. The van der Waals surface area contributed by atoms with E-state index in [0.29, 0.717) is 13.2 Å². The van der Waals surface area contributed by atoms with Crippen LogP contribution in [0.5, 0.6) is 5.75 Å². The zero-order valence-electron chi connectivity index (χ0n) is 14.4. The molecule has 0 aromatic heterocycles. The molecule has 3 aromatic carbocycles. The zero-order chi connectivity index (χ0) is 18.8. The first kappa shape index (κ1) is 18.5. The van der Waals surface area contributed by atoms with E-state index in [1.165, 1.54) is 12.1 Å². The van der Waals surface area contributed by atoms with Crippen LogP contribution in [-0.2, 0) is 17.8 Å². The number of halogens is 3. The highest BCUT2D eigenvalue weighted by Crippen LogP contribution is 2.32. The van der Waals surface area contributed by atoms with Gasteiger partial charge in [-0.05, 0) is 71.1 Å². The lowest BCUT2D eigenvalue weighted by Crippen LogP contribution is -2.09. The van der Waals surface area contributed by atoms with Crippen LogP contribution < -0.4 is 4.74 Å². The Morgan fingerprint density at radius 3 is 2.70 bits per heavy atom. The lowest BCUT2D eigenvalue weighted by molar-refractivity contribution is 0.0309. The van der Waals surface area contributed by atoms with E-state index < -0.39 is 0 Å². The largest absolute Gasteiger partial charge is 0.491 e. The summed E-state index contributed by atoms with van der Waals surface area (Å²) in [4.78, 5) is 0. The first-order chi connectivity index (χ1) is 13.1. The van der Waals surface area contributed by atoms with Crippen molar-refractivity contribution >= 4 is 27.5 Å². The molecule has 0 spiro atoms. The molecule has 2 nitrogen and oxygen atoms in total. The second-order valence-corrected chi connectivity index (χ2v) is 7.83. The van der Waals surface area contributed by atoms with Gasteiger partial charge in [-0.15, -0.1) is 0 Å². The highest BCUT2D eigenvalue weighted by atomic mass is 79.9. The van der Waals surface area contributed by atoms with Crippen LogP contribution >= 0.6 is 27.5 Å². The van der Waals surface area contributed by atoms with Crippen molar-refractivity contribution in [3.05, 3.63) is 98.2 Å². The van der Waals surface area contributed by atoms with Crippen molar-refractivity contribution in [2.75, 3.05) is 6.61 Å². The molecule has 4 rings (SSSR count). The molecule has 138 valence electrons. The van der Waals surface area contributed by atoms with Gasteiger partial charge in [-0.25, -0.2) is 4.39 Å². The van der Waals surface area contributed by atoms with Gasteiger partial charge < -0.3 is 9.47 Å². The fraction of sp³-hybridized carbons (Fsp3) is 0.182. The Bertz CT molecular complexity index is 959. The SMILES string of the molecule is Fc1ccc2c(c1)CO[C@@H]2COc1ccc(Cc2cc(Br)ccc2Cl)cc1. The highest BCUT2D eigenvalue weighted by Gasteiger charge is 2.24. The number of fused-ring (bicyclic) bond motifs is 1. The number of ether oxygens (including phenoxy) is 2. The van der Waals surface area contributed by atoms with Gasteiger partial charge in [0.25, 0.3) is 0 Å². The van der Waals surface area contributed by atoms with E-state index in [1.807, 2.05) is 42.5 Å². The summed E-state index contributed by atoms with van der Waals surface area (Å²) in [6.45, 7) is 0.822. The van der Waals surface area contributed by atoms with Crippen LogP contribution in [0.3, 0.4) is 0 Å². The van der Waals surface area contributed by atoms with Crippen molar-refractivity contribution in [2.45, 2.75) is 19.1 Å². The molecular formula is C22H17BrClFO2. The molecule has 1 aliphatic heterocycles. The summed E-state index contributed by atoms with van der Waals surface area (Å²) in [7, 11) is 0. The van der Waals surface area contributed by atoms with Gasteiger partial charge in [0.15, 0.2) is 0 Å². The molecule has 0 radical (unpaired) electrons. The van der Waals surface area contributed by atoms with E-state index in [4.69, 9.17) is 21.1 Å². The Morgan fingerprint density at radius 1 is 1.07 bits per heavy atom. The molecule has 0 bridgehead atoms. The fourth-order valence-corrected chi connectivity index (χ4v) is 3.80. The number of benzene rings is 3. The minimum absolute atomic E-state index is 0.166. The third kappa shape index (κ3) is 4.34. The van der Waals surface area contributed by atoms with Gasteiger partial charge in [0.05, 0.1) is 6.61 Å². The predicted octanol–water partition coefficient (Wildman–Crippen LogP) is 6.48. The lowest BCUT2D eigenvalue weighted by Gasteiger charge is -2.13. The summed E-state index contributed by atoms with van der Waals surface area (Å²) in [5.74, 6) is 0.540. The van der Waals surface area contributed by atoms with Gasteiger partial charge in [-0.3, -0.25) is 0 Å². The maximum atomic E-state index is 13.3. The van der Waals surface area contributed by atoms with Gasteiger partial charge in [-0.2, -0.15) is 0 Å². The molecule has 27 heavy (non-hydrogen) atoms. The Morgan fingerprint density at radius 2 is 1.89 bits per heavy atom. The molecule has 0 saturated heterocycles. The Hall–Kier alpha value is -1.88. The number of hydrogen-bond acceptors (Lipinski definition) is 2. The first-order valence-corrected chi connectivity index (χ1v) is 9.81. The van der Waals surface area contributed by atoms with Crippen LogP contribution in [-0.4, -0.2) is 6.61 Å². The first-order valence-electron chi connectivity index (χ1n) is 8.64. The molecule has 0 unspecified atom stereocenters. The van der Waals surface area contributed by atoms with Crippen LogP contribution in [0, 0.1) is 5.82 Å². The molecule has 1 heterocycles. The van der Waals surface area contributed by atoms with Gasteiger partial charge in [0.2, 0.25) is 0 Å². The fourth-order valence-electron chi connectivity index (χ4n) is 3.21. The molecule has 3 aromatic rings. The van der Waals surface area contributed by atoms with Crippen LogP contribution in [0.4, 0.5) is 4.39 Å². The zero-order valence-corrected chi connectivity index (χ0v) is 16.8. The van der Waals surface area contributed by atoms with E-state index in [0.717, 1.165) is 43.9 Å². The third-order valence-corrected chi connectivity index (χ3v) is 5.48. The summed E-state index contributed by atoms with van der Waals surface area (Å²) in [5, 5.41) is 0.756. The van der Waals surface area contributed by atoms with Crippen molar-refractivity contribution < 1.29 is 13.9 Å². The molecule has 1 atom stereocenters. The Kier molecular flexibility index (Phi) is 5.48. The summed E-state index contributed by atoms with van der Waals surface area (Å²) >= 11 is 9.75. The van der Waals surface area contributed by atoms with Gasteiger partial charge >= 0.3 is 0 Å². The molecule has 5 heteroatoms. The monoisotopic (exact) mass is 446 g/mol. The van der Waals surface area contributed by atoms with Crippen molar-refractivity contribution in [1.82, 2.24) is 0 Å². The molecule has 0 amide bonds. The lowest BCUT2D eigenvalue weighted by atomic mass is 10.0. The third-order valence-electron chi connectivity index (χ3n) is 4.62. The summed E-state index contributed by atoms with van der Waals surface area (Å²) in [6, 6.07) is 18.6. The quantitative estimate of drug-likeness (QED) is 0.445. The second kappa shape index (κ2) is 8.01. The maximum absolute atomic E-state index is 13.3. The number of hydrogen-bond donors (Lipinski definition) is 0. The van der Waals surface area contributed by atoms with Gasteiger partial charge in [0, 0.05) is 9.50 Å². The van der Waals surface area contributed by atoms with E-state index in [9.17, 15) is 4.39 Å². The molecule has 0 aliphatic carbocycles. The van der Waals surface area contributed by atoms with E-state index in [-0.39, 0.29) is 11.9 Å². The van der Waals surface area contributed by atoms with Gasteiger partial charge in [0.1, 0.15) is 24.3 Å². The standard InChI is InChI=1S/C22H17BrClFO2/c23-17-3-8-21(24)15(10-17)9-14-1-5-19(6-2-14)26-13-22-20-7-4-18(25)11-16(20)12-27-22/h1-8,10-11,22H,9,12-13H2/t22-/m1/s1. The maximum Gasteiger partial charge on any atom is 0.123 e. The minimum Gasteiger partial charge on any atom is -0.491 e. The molecule has 0 fully saturated rings. The normalized spacial score (nSPS) is 15.6. The average molecular weight is 448 g/mol. The topological polar surface area (TPSA) is 18.5 Å². The van der Waals surface area contributed by atoms with Crippen LogP contribution in [0.15, 0.2) is 65.1 Å². The smallest absolute Gasteiger partial charge is 0.123 e. The van der Waals surface area contributed by atoms with E-state index in [2.05, 4.69) is 15.9 Å². The van der Waals surface area contributed by atoms with Crippen LogP contribution in [0.2, 0.25) is 5.02 Å². The summed E-state index contributed by atoms with van der Waals surface area (Å²) in [5.41, 5.74) is 4.12. The molecule has 1 aliphatic rings. The van der Waals surface area contributed by atoms with Crippen molar-refractivity contribution in [3.63, 3.8) is 0 Å². The molecule has 0 N–H and O–H groups in total. The Labute approximate surface area is 171 Å². The van der Waals surface area contributed by atoms with Crippen LogP contribution in [0.1, 0.15) is 28.4 Å². The Balaban J connectivity index is 1.38. The van der Waals surface area contributed by atoms with Crippen molar-refractivity contribution in [3.8, 4) is 5.75 Å². The van der Waals surface area contributed by atoms with Gasteiger partial charge in [-0.1, -0.05) is 45.7 Å². The van der Waals surface area contributed by atoms with Crippen molar-refractivity contribution in [2.24, 2.45) is 0 Å². The van der Waals surface area contributed by atoms with Crippen molar-refractivity contribution in [1.29, 1.82) is 0 Å². The summed E-state index contributed by atoms with van der Waals surface area (Å²) in [6.07, 6.45) is 0.587. The van der Waals surface area contributed by atoms with E-state index >= 15 is 0 Å². The second-order valence-electron chi connectivity index (χ2n) is 6.51. The number of rotatable bonds is 5. The highest BCUT2D eigenvalue weighted by molar-refractivity contribution is 9.10. The van der Waals surface area contributed by atoms with E-state index in [1.54, 1.807) is 6.07 Å². The predicted molar refractivity (Wildman–Crippen MR) is 108 cm³/mol. The van der Waals surface area contributed by atoms with Crippen LogP contribution in [0.25, 0.3) is 0 Å². The minimum atomic E-state index is -0.236.